The molecule has 5 N–H and O–H groups in total. The van der Waals surface area contributed by atoms with Gasteiger partial charge < -0.3 is 21.7 Å². The van der Waals surface area contributed by atoms with Gasteiger partial charge in [-0.15, -0.1) is 0 Å². The number of nitrogen functional groups attached to an aromatic ring is 1. The highest BCUT2D eigenvalue weighted by Gasteiger charge is 2.05. The van der Waals surface area contributed by atoms with Gasteiger partial charge in [0.05, 0.1) is 5.69 Å². The van der Waals surface area contributed by atoms with Crippen molar-refractivity contribution in [2.75, 3.05) is 41.3 Å². The molecule has 0 unspecified atom stereocenters. The number of anilines is 4. The van der Waals surface area contributed by atoms with E-state index in [1.54, 1.807) is 6.33 Å². The van der Waals surface area contributed by atoms with E-state index < -0.39 is 0 Å². The highest BCUT2D eigenvalue weighted by Crippen LogP contribution is 2.20. The zero-order valence-electron chi connectivity index (χ0n) is 16.2. The number of nitrogens with one attached hydrogen (secondary N) is 3. The fourth-order valence-corrected chi connectivity index (χ4v) is 2.55. The van der Waals surface area contributed by atoms with Crippen LogP contribution in [-0.2, 0) is 0 Å². The predicted molar refractivity (Wildman–Crippen MR) is 114 cm³/mol. The van der Waals surface area contributed by atoms with Crippen LogP contribution in [0.3, 0.4) is 0 Å². The van der Waals surface area contributed by atoms with Crippen LogP contribution in [-0.4, -0.2) is 39.6 Å². The summed E-state index contributed by atoms with van der Waals surface area (Å²) in [6.07, 6.45) is 1.55. The molecule has 146 valence electrons. The summed E-state index contributed by atoms with van der Waals surface area (Å²) < 4.78 is 0. The first-order valence-corrected chi connectivity index (χ1v) is 9.34. The minimum absolute atomic E-state index is 0.244. The van der Waals surface area contributed by atoms with Gasteiger partial charge in [-0.05, 0) is 5.92 Å². The highest BCUT2D eigenvalue weighted by molar-refractivity contribution is 5.63. The first-order valence-electron chi connectivity index (χ1n) is 9.34. The summed E-state index contributed by atoms with van der Waals surface area (Å²) in [5, 5.41) is 9.83. The molecule has 0 amide bonds. The van der Waals surface area contributed by atoms with Gasteiger partial charge in [0.15, 0.2) is 0 Å². The number of hydrogen-bond donors (Lipinski definition) is 4. The monoisotopic (exact) mass is 378 g/mol. The first-order chi connectivity index (χ1) is 13.6. The van der Waals surface area contributed by atoms with Gasteiger partial charge in [0, 0.05) is 37.3 Å². The third-order valence-electron chi connectivity index (χ3n) is 3.91. The minimum Gasteiger partial charge on any atom is -0.370 e. The summed E-state index contributed by atoms with van der Waals surface area (Å²) in [6.45, 7) is 6.51. The number of rotatable bonds is 9. The molecule has 3 rings (SSSR count). The van der Waals surface area contributed by atoms with Gasteiger partial charge in [-0.3, -0.25) is 0 Å². The van der Waals surface area contributed by atoms with Crippen molar-refractivity contribution in [2.24, 2.45) is 5.92 Å². The lowest BCUT2D eigenvalue weighted by atomic mass is 10.1. The van der Waals surface area contributed by atoms with Crippen molar-refractivity contribution in [2.45, 2.75) is 13.8 Å². The lowest BCUT2D eigenvalue weighted by Gasteiger charge is -2.11. The van der Waals surface area contributed by atoms with Crippen molar-refractivity contribution in [1.82, 2.24) is 19.9 Å². The zero-order valence-corrected chi connectivity index (χ0v) is 16.2. The predicted octanol–water partition coefficient (Wildman–Crippen LogP) is 3.11. The van der Waals surface area contributed by atoms with Crippen LogP contribution in [0.1, 0.15) is 13.8 Å². The fourth-order valence-electron chi connectivity index (χ4n) is 2.55. The molecule has 0 radical (unpaired) electrons. The Bertz CT molecular complexity index is 882. The second-order valence-corrected chi connectivity index (χ2v) is 6.78. The topological polar surface area (TPSA) is 114 Å². The van der Waals surface area contributed by atoms with Gasteiger partial charge in [-0.2, -0.15) is 4.98 Å². The lowest BCUT2D eigenvalue weighted by molar-refractivity contribution is 0.687. The standard InChI is InChI=1S/C20H26N8/c1-14(2)12-24-18-11-17(25-13-26-18)22-8-9-23-19-10-16(27-20(21)28-19)15-6-4-3-5-7-15/h3-7,10-11,13-14H,8-9,12H2,1-2H3,(H3,21,23,27,28)(H2,22,24,25,26). The second-order valence-electron chi connectivity index (χ2n) is 6.78. The van der Waals surface area contributed by atoms with Gasteiger partial charge in [-0.1, -0.05) is 44.2 Å². The molecule has 0 fully saturated rings. The summed E-state index contributed by atoms with van der Waals surface area (Å²) >= 11 is 0. The van der Waals surface area contributed by atoms with Gasteiger partial charge in [-0.25, -0.2) is 15.0 Å². The van der Waals surface area contributed by atoms with Gasteiger partial charge in [0.1, 0.15) is 23.8 Å². The first kappa shape index (κ1) is 19.3. The summed E-state index contributed by atoms with van der Waals surface area (Å²) in [5.74, 6) is 3.07. The molecule has 8 nitrogen and oxygen atoms in total. The van der Waals surface area contributed by atoms with E-state index in [-0.39, 0.29) is 5.95 Å². The number of nitrogens with two attached hydrogens (primary N) is 1. The van der Waals surface area contributed by atoms with Crippen LogP contribution in [0.15, 0.2) is 48.8 Å². The third-order valence-corrected chi connectivity index (χ3v) is 3.91. The van der Waals surface area contributed by atoms with E-state index in [1.807, 2.05) is 42.5 Å². The molecular weight excluding hydrogens is 352 g/mol. The van der Waals surface area contributed by atoms with E-state index in [9.17, 15) is 0 Å². The normalized spacial score (nSPS) is 10.7. The summed E-state index contributed by atoms with van der Waals surface area (Å²) in [7, 11) is 0. The fraction of sp³-hybridized carbons (Fsp3) is 0.300. The van der Waals surface area contributed by atoms with Crippen LogP contribution in [0.2, 0.25) is 0 Å². The largest absolute Gasteiger partial charge is 0.370 e. The maximum absolute atomic E-state index is 5.86. The van der Waals surface area contributed by atoms with E-state index in [0.717, 1.165) is 29.4 Å². The van der Waals surface area contributed by atoms with Crippen molar-refractivity contribution >= 4 is 23.4 Å². The van der Waals surface area contributed by atoms with Crippen LogP contribution in [0, 0.1) is 5.92 Å². The Hall–Kier alpha value is -3.42. The number of hydrogen-bond acceptors (Lipinski definition) is 8. The van der Waals surface area contributed by atoms with E-state index in [4.69, 9.17) is 5.73 Å². The zero-order chi connectivity index (χ0) is 19.8. The van der Waals surface area contributed by atoms with E-state index >= 15 is 0 Å². The van der Waals surface area contributed by atoms with Crippen LogP contribution in [0.4, 0.5) is 23.4 Å². The van der Waals surface area contributed by atoms with Crippen molar-refractivity contribution in [1.29, 1.82) is 0 Å². The molecule has 0 saturated heterocycles. The molecule has 0 saturated carbocycles. The Morgan fingerprint density at radius 1 is 0.857 bits per heavy atom. The average molecular weight is 378 g/mol. The van der Waals surface area contributed by atoms with Gasteiger partial charge in [0.25, 0.3) is 0 Å². The average Bonchev–Trinajstić information content (AvgIpc) is 2.70. The maximum atomic E-state index is 5.86. The van der Waals surface area contributed by atoms with E-state index in [2.05, 4.69) is 49.7 Å². The van der Waals surface area contributed by atoms with Gasteiger partial charge >= 0.3 is 0 Å². The Kier molecular flexibility index (Phi) is 6.56. The highest BCUT2D eigenvalue weighted by atomic mass is 15.1. The van der Waals surface area contributed by atoms with Gasteiger partial charge in [0.2, 0.25) is 5.95 Å². The third kappa shape index (κ3) is 5.80. The van der Waals surface area contributed by atoms with Crippen molar-refractivity contribution in [3.05, 3.63) is 48.8 Å². The Balaban J connectivity index is 1.53. The SMILES string of the molecule is CC(C)CNc1cc(NCCNc2cc(-c3ccccc3)nc(N)n2)ncn1. The quantitative estimate of drug-likeness (QED) is 0.420. The molecule has 8 heteroatoms. The summed E-state index contributed by atoms with van der Waals surface area (Å²) in [4.78, 5) is 17.0. The minimum atomic E-state index is 0.244. The molecule has 0 bridgehead atoms. The molecule has 28 heavy (non-hydrogen) atoms. The second kappa shape index (κ2) is 9.50. The lowest BCUT2D eigenvalue weighted by Crippen LogP contribution is -2.16. The number of nitrogens with zero attached hydrogens (tertiary/aromatic N) is 4. The van der Waals surface area contributed by atoms with Crippen LogP contribution < -0.4 is 21.7 Å². The van der Waals surface area contributed by atoms with Crippen LogP contribution in [0.25, 0.3) is 11.3 Å². The number of aromatic nitrogens is 4. The molecule has 0 aliphatic rings. The Labute approximate surface area is 165 Å². The molecule has 3 aromatic rings. The van der Waals surface area contributed by atoms with E-state index in [1.165, 1.54) is 0 Å². The molecule has 0 spiro atoms. The summed E-state index contributed by atoms with van der Waals surface area (Å²) in [5.41, 5.74) is 7.65. The molecule has 1 aromatic carbocycles. The van der Waals surface area contributed by atoms with E-state index in [0.29, 0.717) is 24.8 Å². The molecule has 0 atom stereocenters. The van der Waals surface area contributed by atoms with Crippen LogP contribution >= 0.6 is 0 Å². The van der Waals surface area contributed by atoms with Crippen molar-refractivity contribution in [3.63, 3.8) is 0 Å². The Morgan fingerprint density at radius 3 is 2.25 bits per heavy atom. The molecule has 0 aliphatic carbocycles. The Morgan fingerprint density at radius 2 is 1.54 bits per heavy atom. The molecule has 2 aromatic heterocycles. The molecule has 2 heterocycles. The smallest absolute Gasteiger partial charge is 0.222 e. The molecular formula is C20H26N8. The maximum Gasteiger partial charge on any atom is 0.222 e. The number of benzene rings is 1. The molecule has 0 aliphatic heterocycles. The van der Waals surface area contributed by atoms with Crippen molar-refractivity contribution in [3.8, 4) is 11.3 Å². The summed E-state index contributed by atoms with van der Waals surface area (Å²) in [6, 6.07) is 13.7. The van der Waals surface area contributed by atoms with Crippen molar-refractivity contribution < 1.29 is 0 Å². The van der Waals surface area contributed by atoms with Crippen LogP contribution in [0.5, 0.6) is 0 Å².